The first-order chi connectivity index (χ1) is 8.24. The number of nitrogens with one attached hydrogen (secondary N) is 1. The standard InChI is InChI=1S/C13H16ClN3/c1-9-3-5-17-11(6-9)13(14)16-12(17)7-10-2-4-15-8-10/h3,5-6,10,15H,2,4,7-8H2,1H3. The minimum Gasteiger partial charge on any atom is -0.316 e. The van der Waals surface area contributed by atoms with Crippen molar-refractivity contribution in [2.75, 3.05) is 13.1 Å². The number of aromatic nitrogens is 2. The Balaban J connectivity index is 1.98. The van der Waals surface area contributed by atoms with Gasteiger partial charge in [-0.25, -0.2) is 4.98 Å². The molecule has 0 spiro atoms. The maximum Gasteiger partial charge on any atom is 0.155 e. The van der Waals surface area contributed by atoms with Crippen LogP contribution in [-0.4, -0.2) is 22.5 Å². The molecule has 0 aliphatic carbocycles. The Morgan fingerprint density at radius 1 is 1.59 bits per heavy atom. The van der Waals surface area contributed by atoms with Crippen molar-refractivity contribution in [1.82, 2.24) is 14.7 Å². The number of fused-ring (bicyclic) bond motifs is 1. The van der Waals surface area contributed by atoms with Crippen molar-refractivity contribution in [3.63, 3.8) is 0 Å². The van der Waals surface area contributed by atoms with Crippen LogP contribution in [0.15, 0.2) is 18.3 Å². The van der Waals surface area contributed by atoms with Crippen LogP contribution < -0.4 is 5.32 Å². The van der Waals surface area contributed by atoms with E-state index >= 15 is 0 Å². The van der Waals surface area contributed by atoms with E-state index in [2.05, 4.69) is 40.0 Å². The van der Waals surface area contributed by atoms with E-state index in [0.717, 1.165) is 30.9 Å². The Morgan fingerprint density at radius 3 is 3.24 bits per heavy atom. The maximum atomic E-state index is 6.19. The van der Waals surface area contributed by atoms with Gasteiger partial charge in [0.25, 0.3) is 0 Å². The minimum atomic E-state index is 0.620. The highest BCUT2D eigenvalue weighted by molar-refractivity contribution is 6.32. The lowest BCUT2D eigenvalue weighted by Gasteiger charge is -2.07. The quantitative estimate of drug-likeness (QED) is 0.886. The van der Waals surface area contributed by atoms with Gasteiger partial charge in [-0.1, -0.05) is 11.6 Å². The summed E-state index contributed by atoms with van der Waals surface area (Å²) >= 11 is 6.19. The molecule has 1 saturated heterocycles. The van der Waals surface area contributed by atoms with Gasteiger partial charge in [0, 0.05) is 12.6 Å². The summed E-state index contributed by atoms with van der Waals surface area (Å²) in [5.74, 6) is 1.77. The van der Waals surface area contributed by atoms with Crippen LogP contribution in [0.1, 0.15) is 17.8 Å². The van der Waals surface area contributed by atoms with Gasteiger partial charge in [-0.05, 0) is 50.0 Å². The van der Waals surface area contributed by atoms with Crippen LogP contribution in [0, 0.1) is 12.8 Å². The lowest BCUT2D eigenvalue weighted by molar-refractivity contribution is 0.560. The molecule has 0 aromatic carbocycles. The van der Waals surface area contributed by atoms with Gasteiger partial charge in [0.2, 0.25) is 0 Å². The molecular weight excluding hydrogens is 234 g/mol. The molecule has 3 heterocycles. The number of aryl methyl sites for hydroxylation is 1. The molecule has 1 N–H and O–H groups in total. The summed E-state index contributed by atoms with van der Waals surface area (Å²) < 4.78 is 2.12. The average molecular weight is 250 g/mol. The zero-order chi connectivity index (χ0) is 11.8. The van der Waals surface area contributed by atoms with E-state index in [9.17, 15) is 0 Å². The molecular formula is C13H16ClN3. The second-order valence-electron chi connectivity index (χ2n) is 4.84. The van der Waals surface area contributed by atoms with Crippen molar-refractivity contribution in [2.24, 2.45) is 5.92 Å². The summed E-state index contributed by atoms with van der Waals surface area (Å²) in [6, 6.07) is 4.19. The number of nitrogens with zero attached hydrogens (tertiary/aromatic N) is 2. The van der Waals surface area contributed by atoms with Crippen molar-refractivity contribution in [3.8, 4) is 0 Å². The van der Waals surface area contributed by atoms with Gasteiger partial charge in [0.15, 0.2) is 5.15 Å². The van der Waals surface area contributed by atoms with Gasteiger partial charge in [-0.15, -0.1) is 0 Å². The van der Waals surface area contributed by atoms with E-state index in [1.54, 1.807) is 0 Å². The molecule has 0 radical (unpaired) electrons. The SMILES string of the molecule is Cc1ccn2c(CC3CCNC3)nc(Cl)c2c1. The maximum absolute atomic E-state index is 6.19. The van der Waals surface area contributed by atoms with Crippen LogP contribution in [0.3, 0.4) is 0 Å². The van der Waals surface area contributed by atoms with Crippen molar-refractivity contribution >= 4 is 17.1 Å². The minimum absolute atomic E-state index is 0.620. The third kappa shape index (κ3) is 2.05. The van der Waals surface area contributed by atoms with E-state index in [0.29, 0.717) is 11.1 Å². The highest BCUT2D eigenvalue weighted by atomic mass is 35.5. The number of imidazole rings is 1. The Morgan fingerprint density at radius 2 is 2.47 bits per heavy atom. The van der Waals surface area contributed by atoms with Gasteiger partial charge < -0.3 is 9.72 Å². The van der Waals surface area contributed by atoms with Crippen LogP contribution in [0.4, 0.5) is 0 Å². The Kier molecular flexibility index (Phi) is 2.81. The van der Waals surface area contributed by atoms with E-state index in [1.807, 2.05) is 0 Å². The Bertz CT molecular complexity index is 541. The zero-order valence-electron chi connectivity index (χ0n) is 9.91. The summed E-state index contributed by atoms with van der Waals surface area (Å²) in [5.41, 5.74) is 2.24. The van der Waals surface area contributed by atoms with Gasteiger partial charge in [-0.2, -0.15) is 0 Å². The first-order valence-electron chi connectivity index (χ1n) is 6.08. The van der Waals surface area contributed by atoms with Gasteiger partial charge in [0.1, 0.15) is 5.82 Å². The fourth-order valence-electron chi connectivity index (χ4n) is 2.51. The van der Waals surface area contributed by atoms with Crippen molar-refractivity contribution in [2.45, 2.75) is 19.8 Å². The number of hydrogen-bond donors (Lipinski definition) is 1. The van der Waals surface area contributed by atoms with Crippen molar-refractivity contribution in [3.05, 3.63) is 34.9 Å². The molecule has 1 atom stereocenters. The van der Waals surface area contributed by atoms with Gasteiger partial charge in [-0.3, -0.25) is 0 Å². The summed E-state index contributed by atoms with van der Waals surface area (Å²) in [6.45, 7) is 4.29. The number of rotatable bonds is 2. The molecule has 0 amide bonds. The van der Waals surface area contributed by atoms with E-state index < -0.39 is 0 Å². The Labute approximate surface area is 106 Å². The van der Waals surface area contributed by atoms with Crippen LogP contribution in [0.25, 0.3) is 5.52 Å². The predicted octanol–water partition coefficient (Wildman–Crippen LogP) is 2.45. The molecule has 1 aliphatic rings. The topological polar surface area (TPSA) is 29.3 Å². The summed E-state index contributed by atoms with van der Waals surface area (Å²) in [7, 11) is 0. The van der Waals surface area contributed by atoms with Crippen LogP contribution in [0.2, 0.25) is 5.15 Å². The molecule has 1 unspecified atom stereocenters. The molecule has 0 saturated carbocycles. The molecule has 2 aromatic rings. The molecule has 1 fully saturated rings. The fraction of sp³-hybridized carbons (Fsp3) is 0.462. The monoisotopic (exact) mass is 249 g/mol. The lowest BCUT2D eigenvalue weighted by Crippen LogP contribution is -2.12. The molecule has 2 aromatic heterocycles. The smallest absolute Gasteiger partial charge is 0.155 e. The third-order valence-electron chi connectivity index (χ3n) is 3.46. The fourth-order valence-corrected chi connectivity index (χ4v) is 2.75. The first kappa shape index (κ1) is 11.1. The van der Waals surface area contributed by atoms with Crippen LogP contribution in [0.5, 0.6) is 0 Å². The third-order valence-corrected chi connectivity index (χ3v) is 3.74. The van der Waals surface area contributed by atoms with Crippen LogP contribution >= 0.6 is 11.6 Å². The average Bonchev–Trinajstić information content (AvgIpc) is 2.89. The molecule has 90 valence electrons. The van der Waals surface area contributed by atoms with Crippen molar-refractivity contribution < 1.29 is 0 Å². The summed E-state index contributed by atoms with van der Waals surface area (Å²) in [5, 5.41) is 4.01. The van der Waals surface area contributed by atoms with Crippen molar-refractivity contribution in [1.29, 1.82) is 0 Å². The molecule has 1 aliphatic heterocycles. The highest BCUT2D eigenvalue weighted by Gasteiger charge is 2.18. The summed E-state index contributed by atoms with van der Waals surface area (Å²) in [6.07, 6.45) is 4.31. The molecule has 0 bridgehead atoms. The Hall–Kier alpha value is -1.06. The number of hydrogen-bond acceptors (Lipinski definition) is 2. The zero-order valence-corrected chi connectivity index (χ0v) is 10.7. The predicted molar refractivity (Wildman–Crippen MR) is 69.6 cm³/mol. The largest absolute Gasteiger partial charge is 0.316 e. The lowest BCUT2D eigenvalue weighted by atomic mass is 10.0. The molecule has 3 rings (SSSR count). The van der Waals surface area contributed by atoms with E-state index in [-0.39, 0.29) is 0 Å². The number of halogens is 1. The van der Waals surface area contributed by atoms with E-state index in [1.165, 1.54) is 12.0 Å². The van der Waals surface area contributed by atoms with E-state index in [4.69, 9.17) is 11.6 Å². The second kappa shape index (κ2) is 4.31. The molecule has 4 heteroatoms. The highest BCUT2D eigenvalue weighted by Crippen LogP contribution is 2.22. The second-order valence-corrected chi connectivity index (χ2v) is 5.20. The summed E-state index contributed by atoms with van der Waals surface area (Å²) in [4.78, 5) is 4.49. The van der Waals surface area contributed by atoms with Gasteiger partial charge >= 0.3 is 0 Å². The first-order valence-corrected chi connectivity index (χ1v) is 6.45. The number of pyridine rings is 1. The molecule has 3 nitrogen and oxygen atoms in total. The normalized spacial score (nSPS) is 20.2. The van der Waals surface area contributed by atoms with Gasteiger partial charge in [0.05, 0.1) is 5.52 Å². The molecule has 17 heavy (non-hydrogen) atoms. The van der Waals surface area contributed by atoms with Crippen LogP contribution in [-0.2, 0) is 6.42 Å².